The zero-order valence-corrected chi connectivity index (χ0v) is 90.1. The molecule has 0 radical (unpaired) electrons. The fourth-order valence-corrected chi connectivity index (χ4v) is 18.7. The largest absolute Gasteiger partial charge is 2.00 e. The molecule has 0 saturated carbocycles. The van der Waals surface area contributed by atoms with Crippen molar-refractivity contribution in [3.8, 4) is 114 Å². The molecule has 0 amide bonds. The van der Waals surface area contributed by atoms with Crippen LogP contribution in [0.2, 0.25) is 0 Å². The van der Waals surface area contributed by atoms with E-state index in [1.165, 1.54) is 44.5 Å². The standard InChI is InChI=1S/C135H124N8O.2Ni/c1-127(2,3)95-72-90(73-96(80-95)128(4,5)6)123-113-56-52-105(136-113)103(106-53-57-114(137-106)124(91-74-97(129(7,8)9)81-98(75-91)130(10,11)12)118-65-61-110(141-118)121(88-34-28-25-29-35-88)109-60-64-117(123)140-109)50-48-84-40-44-86(45-41-84)68-70-135(144,94-38-32-27-33-39-94)71-69-87-46-42-85(43-47-87)49-51-104-107-54-58-115(138-107)125(92-76-99(131(13,14)15)82-100(77-92)132(16,17)18)119-66-62-111(142-119)122(89-36-30-26-31-37-89)112-63-67-120(143-112)126(116-59-55-108(104)139-116)93-78-101(133(19,20)21)83-102(79-93)134(22,23)24;;/h25-47,52-67,72-83,144H,1-24H3;;/q-4;2*+2. The first-order valence-electron chi connectivity index (χ1n) is 50.1. The van der Waals surface area contributed by atoms with Gasteiger partial charge in [-0.2, -0.15) is 0 Å². The summed E-state index contributed by atoms with van der Waals surface area (Å²) in [4.78, 5) is 45.3. The number of aromatic nitrogens is 8. The Kier molecular flexibility index (Phi) is 27.7. The predicted octanol–water partition coefficient (Wildman–Crippen LogP) is 31.6. The molecule has 16 bridgehead atoms. The number of hydrogen-bond acceptors (Lipinski definition) is 5. The average Bonchev–Trinajstić information content (AvgIpc) is 1.60. The molecule has 730 valence electrons. The Labute approximate surface area is 883 Å². The van der Waals surface area contributed by atoms with E-state index >= 15 is 0 Å². The molecule has 9 nitrogen and oxygen atoms in total. The van der Waals surface area contributed by atoms with Gasteiger partial charge in [0.2, 0.25) is 5.60 Å². The first-order valence-corrected chi connectivity index (χ1v) is 50.1. The molecule has 146 heavy (non-hydrogen) atoms. The predicted molar refractivity (Wildman–Crippen MR) is 605 cm³/mol. The van der Waals surface area contributed by atoms with Gasteiger partial charge in [0.25, 0.3) is 0 Å². The van der Waals surface area contributed by atoms with Gasteiger partial charge in [-0.25, -0.2) is 19.9 Å². The first kappa shape index (κ1) is 103. The van der Waals surface area contributed by atoms with Crippen molar-refractivity contribution < 1.29 is 38.1 Å². The molecule has 0 unspecified atom stereocenters. The SMILES string of the molecule is CC(C)(C)c1cc(-c2c3nc(c(-c4ccccc4)c4ccc([n-]4)c(-c4cc(C(C)(C)C)cc(C(C)(C)C)c4)c4nc(c(C#Cc5ccc(C#CC(O)(C#Cc6ccc(C#Cc7c8nc(c(-c9cc(C(C)(C)C)cc(C(C)(C)C)c9)c9ccc([n-]9)c(-c9ccccc9)c9nc(c(-c%10cc(C(C)(C)C)cc(C(C)(C)C)c%10)c%10ccc7[n-]%10)C=C9)C=C8)cc6)c6ccccc6)cc5)c5ccc2[n-]5)C=C4)C=C3)cc(C(C)(C)C)c1.[Ni+2].[Ni+2]. The summed E-state index contributed by atoms with van der Waals surface area (Å²) < 4.78 is 0. The molecule has 0 aliphatic carbocycles. The number of nitrogens with zero attached hydrogens (tertiary/aromatic N) is 8. The second-order valence-electron chi connectivity index (χ2n) is 46.9. The van der Waals surface area contributed by atoms with Crippen LogP contribution in [0, 0.1) is 47.4 Å². The van der Waals surface area contributed by atoms with Crippen molar-refractivity contribution in [2.45, 2.75) is 215 Å². The van der Waals surface area contributed by atoms with Crippen molar-refractivity contribution >= 4 is 92.7 Å². The molecule has 6 aromatic heterocycles. The second kappa shape index (κ2) is 39.4. The third kappa shape index (κ3) is 21.7. The van der Waals surface area contributed by atoms with Crippen LogP contribution in [0.1, 0.15) is 295 Å². The van der Waals surface area contributed by atoms with Crippen LogP contribution in [0.15, 0.2) is 261 Å². The molecule has 0 spiro atoms. The topological polar surface area (TPSA) is 128 Å². The van der Waals surface area contributed by atoms with Crippen molar-refractivity contribution in [2.75, 3.05) is 0 Å². The van der Waals surface area contributed by atoms with E-state index in [0.717, 1.165) is 145 Å². The average molecular weight is 1990 g/mol. The number of benzene rings is 9. The van der Waals surface area contributed by atoms with Gasteiger partial charge in [0.15, 0.2) is 0 Å². The van der Waals surface area contributed by atoms with Crippen molar-refractivity contribution in [1.29, 1.82) is 0 Å². The summed E-state index contributed by atoms with van der Waals surface area (Å²) >= 11 is 0. The molecule has 15 aromatic rings. The molecule has 4 aliphatic rings. The third-order valence-electron chi connectivity index (χ3n) is 27.6. The zero-order valence-electron chi connectivity index (χ0n) is 88.1. The summed E-state index contributed by atoms with van der Waals surface area (Å²) in [6.07, 6.45) is 16.9. The smallest absolute Gasteiger partial charge is 0.657 e. The molecular weight excluding hydrogens is 1870 g/mol. The molecular formula is C135H124N8Ni2O. The quantitative estimate of drug-likeness (QED) is 0.123. The maximum absolute atomic E-state index is 12.9. The van der Waals surface area contributed by atoms with Gasteiger partial charge in [-0.3, -0.25) is 0 Å². The van der Waals surface area contributed by atoms with Gasteiger partial charge in [0.1, 0.15) is 0 Å². The van der Waals surface area contributed by atoms with Crippen LogP contribution in [0.25, 0.3) is 160 Å². The summed E-state index contributed by atoms with van der Waals surface area (Å²) in [5.74, 6) is 27.6. The van der Waals surface area contributed by atoms with E-state index in [1.54, 1.807) is 0 Å². The van der Waals surface area contributed by atoms with Gasteiger partial charge < -0.3 is 25.0 Å². The molecule has 19 rings (SSSR count). The van der Waals surface area contributed by atoms with E-state index in [1.807, 2.05) is 78.9 Å². The Balaban J connectivity index is 0.00000729. The van der Waals surface area contributed by atoms with Gasteiger partial charge in [-0.15, -0.1) is 44.1 Å². The number of aliphatic hydroxyl groups is 1. The number of fused-ring (bicyclic) bond motifs is 16. The van der Waals surface area contributed by atoms with Crippen molar-refractivity contribution in [3.05, 3.63) is 390 Å². The van der Waals surface area contributed by atoms with Crippen LogP contribution in [-0.4, -0.2) is 25.0 Å². The molecule has 9 aromatic carbocycles. The van der Waals surface area contributed by atoms with Crippen LogP contribution in [0.5, 0.6) is 0 Å². The van der Waals surface area contributed by atoms with E-state index in [0.29, 0.717) is 50.2 Å². The van der Waals surface area contributed by atoms with Crippen molar-refractivity contribution in [1.82, 2.24) is 39.9 Å². The van der Waals surface area contributed by atoms with Gasteiger partial charge in [-0.05, 0) is 264 Å². The molecule has 11 heteroatoms. The van der Waals surface area contributed by atoms with Gasteiger partial charge in [-0.1, -0.05) is 414 Å². The van der Waals surface area contributed by atoms with E-state index in [4.69, 9.17) is 39.9 Å². The molecule has 1 N–H and O–H groups in total. The summed E-state index contributed by atoms with van der Waals surface area (Å²) in [7, 11) is 0. The van der Waals surface area contributed by atoms with Gasteiger partial charge in [0, 0.05) is 38.9 Å². The van der Waals surface area contributed by atoms with Crippen molar-refractivity contribution in [2.24, 2.45) is 0 Å². The minimum absolute atomic E-state index is 0. The summed E-state index contributed by atoms with van der Waals surface area (Å²) in [6.45, 7) is 54.6. The Morgan fingerprint density at radius 2 is 0.384 bits per heavy atom. The Hall–Kier alpha value is -14.6. The normalized spacial score (nSPS) is 12.7. The van der Waals surface area contributed by atoms with Crippen LogP contribution in [-0.2, 0) is 81.9 Å². The minimum Gasteiger partial charge on any atom is -0.657 e. The molecule has 0 saturated heterocycles. The molecule has 0 fully saturated rings. The van der Waals surface area contributed by atoms with Crippen molar-refractivity contribution in [3.63, 3.8) is 0 Å². The van der Waals surface area contributed by atoms with Gasteiger partial charge >= 0.3 is 33.0 Å². The Bertz CT molecular complexity index is 7740. The van der Waals surface area contributed by atoms with Crippen LogP contribution in [0.3, 0.4) is 0 Å². The zero-order chi connectivity index (χ0) is 102. The fraction of sp³-hybridized carbons (Fsp3) is 0.244. The fourth-order valence-electron chi connectivity index (χ4n) is 18.7. The minimum atomic E-state index is -1.89. The number of rotatable bonds is 7. The van der Waals surface area contributed by atoms with E-state index < -0.39 is 5.60 Å². The summed E-state index contributed by atoms with van der Waals surface area (Å²) in [5.41, 5.74) is 34.7. The van der Waals surface area contributed by atoms with Crippen LogP contribution >= 0.6 is 0 Å². The Morgan fingerprint density at radius 3 is 0.616 bits per heavy atom. The molecule has 4 aliphatic heterocycles. The van der Waals surface area contributed by atoms with E-state index in [-0.39, 0.29) is 76.3 Å². The number of hydrogen-bond donors (Lipinski definition) is 1. The maximum Gasteiger partial charge on any atom is 2.00 e. The Morgan fingerprint density at radius 1 is 0.192 bits per heavy atom. The third-order valence-corrected chi connectivity index (χ3v) is 27.6. The molecule has 10 heterocycles. The van der Waals surface area contributed by atoms with Crippen LogP contribution < -0.4 is 19.9 Å². The van der Waals surface area contributed by atoms with E-state index in [9.17, 15) is 5.11 Å². The summed E-state index contributed by atoms with van der Waals surface area (Å²) in [5, 5.41) is 12.9. The van der Waals surface area contributed by atoms with Gasteiger partial charge in [0.05, 0.1) is 45.6 Å². The monoisotopic (exact) mass is 1990 g/mol. The maximum atomic E-state index is 12.9. The van der Waals surface area contributed by atoms with Crippen LogP contribution in [0.4, 0.5) is 0 Å². The first-order chi connectivity index (χ1) is 68.2. The molecule has 0 atom stereocenters. The second-order valence-corrected chi connectivity index (χ2v) is 46.9. The van der Waals surface area contributed by atoms with E-state index in [2.05, 4.69) is 444 Å². The summed E-state index contributed by atoms with van der Waals surface area (Å²) in [6, 6.07) is 90.9.